The van der Waals surface area contributed by atoms with E-state index in [0.29, 0.717) is 5.69 Å². The van der Waals surface area contributed by atoms with Crippen LogP contribution < -0.4 is 0 Å². The molecule has 0 fully saturated rings. The van der Waals surface area contributed by atoms with Crippen LogP contribution in [0.2, 0.25) is 0 Å². The highest BCUT2D eigenvalue weighted by Gasteiger charge is 2.12. The van der Waals surface area contributed by atoms with Crippen LogP contribution in [0.15, 0.2) is 23.2 Å². The second-order valence-electron chi connectivity index (χ2n) is 2.36. The molecule has 3 heteroatoms. The zero-order valence-electron chi connectivity index (χ0n) is 6.38. The van der Waals surface area contributed by atoms with E-state index in [1.165, 1.54) is 6.08 Å². The maximum Gasteiger partial charge on any atom is 0.171 e. The fraction of sp³-hybridized carbons (Fsp3) is 0.375. The topological polar surface area (TPSA) is 26.0 Å². The van der Waals surface area contributed by atoms with Crippen LogP contribution in [0, 0.1) is 6.92 Å². The zero-order valence-corrected chi connectivity index (χ0v) is 6.38. The molecule has 1 atom stereocenters. The Morgan fingerprint density at radius 3 is 3.09 bits per heavy atom. The van der Waals surface area contributed by atoms with Gasteiger partial charge in [0.15, 0.2) is 11.9 Å². The van der Waals surface area contributed by atoms with E-state index < -0.39 is 6.17 Å². The number of rotatable bonds is 3. The lowest BCUT2D eigenvalue weighted by Crippen LogP contribution is -1.85. The van der Waals surface area contributed by atoms with Crippen LogP contribution >= 0.6 is 0 Å². The monoisotopic (exact) mass is 155 g/mol. The number of hydrogen-bond donors (Lipinski definition) is 0. The van der Waals surface area contributed by atoms with Crippen LogP contribution in [0.4, 0.5) is 4.39 Å². The summed E-state index contributed by atoms with van der Waals surface area (Å²) in [5, 5.41) is 3.57. The number of allylic oxidation sites excluding steroid dienone is 1. The van der Waals surface area contributed by atoms with Gasteiger partial charge in [0.25, 0.3) is 0 Å². The Morgan fingerprint density at radius 1 is 1.91 bits per heavy atom. The zero-order chi connectivity index (χ0) is 8.27. The van der Waals surface area contributed by atoms with Gasteiger partial charge in [0.2, 0.25) is 0 Å². The minimum absolute atomic E-state index is 0.272. The van der Waals surface area contributed by atoms with Crippen molar-refractivity contribution in [2.45, 2.75) is 19.5 Å². The highest BCUT2D eigenvalue weighted by molar-refractivity contribution is 5.06. The molecule has 1 rings (SSSR count). The summed E-state index contributed by atoms with van der Waals surface area (Å²) < 4.78 is 17.6. The molecule has 0 aliphatic heterocycles. The smallest absolute Gasteiger partial charge is 0.171 e. The van der Waals surface area contributed by atoms with Crippen molar-refractivity contribution in [2.75, 3.05) is 0 Å². The van der Waals surface area contributed by atoms with Crippen LogP contribution in [0.25, 0.3) is 0 Å². The van der Waals surface area contributed by atoms with Crippen LogP contribution in [-0.2, 0) is 0 Å². The lowest BCUT2D eigenvalue weighted by Gasteiger charge is -1.96. The minimum Gasteiger partial charge on any atom is -0.358 e. The molecule has 0 aliphatic rings. The van der Waals surface area contributed by atoms with Crippen molar-refractivity contribution in [1.82, 2.24) is 5.16 Å². The van der Waals surface area contributed by atoms with Gasteiger partial charge in [-0.05, 0) is 6.92 Å². The van der Waals surface area contributed by atoms with E-state index in [1.807, 2.05) is 0 Å². The van der Waals surface area contributed by atoms with E-state index in [1.54, 1.807) is 13.0 Å². The van der Waals surface area contributed by atoms with Crippen LogP contribution in [0.1, 0.15) is 24.0 Å². The molecule has 0 radical (unpaired) electrons. The standard InChI is InChI=1S/C8H10FNO/c1-3-4-7(9)8-5-6(2)10-11-8/h3,5,7H,1,4H2,2H3. The molecular formula is C8H10FNO. The van der Waals surface area contributed by atoms with Crippen molar-refractivity contribution in [3.8, 4) is 0 Å². The van der Waals surface area contributed by atoms with Gasteiger partial charge in [0, 0.05) is 12.5 Å². The molecule has 2 nitrogen and oxygen atoms in total. The molecule has 0 aliphatic carbocycles. The third-order valence-electron chi connectivity index (χ3n) is 1.33. The maximum atomic E-state index is 12.9. The van der Waals surface area contributed by atoms with Crippen LogP contribution in [-0.4, -0.2) is 5.16 Å². The molecule has 1 unspecified atom stereocenters. The number of alkyl halides is 1. The molecule has 11 heavy (non-hydrogen) atoms. The van der Waals surface area contributed by atoms with E-state index in [-0.39, 0.29) is 12.2 Å². The van der Waals surface area contributed by atoms with E-state index in [0.717, 1.165) is 0 Å². The largest absolute Gasteiger partial charge is 0.358 e. The average molecular weight is 155 g/mol. The van der Waals surface area contributed by atoms with Crippen molar-refractivity contribution in [3.05, 3.63) is 30.2 Å². The predicted octanol–water partition coefficient (Wildman–Crippen LogP) is 2.57. The van der Waals surface area contributed by atoms with Crippen molar-refractivity contribution >= 4 is 0 Å². The van der Waals surface area contributed by atoms with Gasteiger partial charge in [0.05, 0.1) is 5.69 Å². The molecule has 0 saturated carbocycles. The number of aromatic nitrogens is 1. The van der Waals surface area contributed by atoms with Gasteiger partial charge in [-0.2, -0.15) is 0 Å². The number of aryl methyl sites for hydroxylation is 1. The Bertz CT molecular complexity index is 244. The van der Waals surface area contributed by atoms with Crippen molar-refractivity contribution in [3.63, 3.8) is 0 Å². The van der Waals surface area contributed by atoms with Gasteiger partial charge >= 0.3 is 0 Å². The predicted molar refractivity (Wildman–Crippen MR) is 39.9 cm³/mol. The molecule has 1 heterocycles. The molecule has 1 aromatic heterocycles. The lowest BCUT2D eigenvalue weighted by molar-refractivity contribution is 0.257. The highest BCUT2D eigenvalue weighted by atomic mass is 19.1. The first-order valence-electron chi connectivity index (χ1n) is 3.42. The van der Waals surface area contributed by atoms with Crippen LogP contribution in [0.3, 0.4) is 0 Å². The Hall–Kier alpha value is -1.12. The summed E-state index contributed by atoms with van der Waals surface area (Å²) in [6, 6.07) is 1.59. The summed E-state index contributed by atoms with van der Waals surface area (Å²) in [6.45, 7) is 5.19. The molecular weight excluding hydrogens is 145 g/mol. The first-order valence-corrected chi connectivity index (χ1v) is 3.42. The summed E-state index contributed by atoms with van der Waals surface area (Å²) in [5.74, 6) is 0.280. The SMILES string of the molecule is C=CCC(F)c1cc(C)no1. The molecule has 1 aromatic rings. The second kappa shape index (κ2) is 3.32. The summed E-state index contributed by atoms with van der Waals surface area (Å²) in [5.41, 5.74) is 0.701. The van der Waals surface area contributed by atoms with E-state index in [9.17, 15) is 4.39 Å². The first kappa shape index (κ1) is 7.98. The Labute approximate surface area is 64.7 Å². The van der Waals surface area contributed by atoms with Crippen LogP contribution in [0.5, 0.6) is 0 Å². The van der Waals surface area contributed by atoms with Gasteiger partial charge < -0.3 is 4.52 Å². The van der Waals surface area contributed by atoms with Gasteiger partial charge in [-0.1, -0.05) is 11.2 Å². The Balaban J connectivity index is 2.67. The third-order valence-corrected chi connectivity index (χ3v) is 1.33. The van der Waals surface area contributed by atoms with Gasteiger partial charge in [-0.25, -0.2) is 4.39 Å². The molecule has 0 N–H and O–H groups in total. The summed E-state index contributed by atoms with van der Waals surface area (Å²) >= 11 is 0. The number of nitrogens with zero attached hydrogens (tertiary/aromatic N) is 1. The number of hydrogen-bond acceptors (Lipinski definition) is 2. The van der Waals surface area contributed by atoms with Gasteiger partial charge in [0.1, 0.15) is 0 Å². The summed E-state index contributed by atoms with van der Waals surface area (Å²) in [6.07, 6.45) is 0.686. The molecule has 0 amide bonds. The van der Waals surface area contributed by atoms with Crippen molar-refractivity contribution in [1.29, 1.82) is 0 Å². The Morgan fingerprint density at radius 2 is 2.64 bits per heavy atom. The molecule has 0 aromatic carbocycles. The van der Waals surface area contributed by atoms with E-state index in [2.05, 4.69) is 11.7 Å². The average Bonchev–Trinajstić information content (AvgIpc) is 2.36. The van der Waals surface area contributed by atoms with Crippen molar-refractivity contribution < 1.29 is 8.91 Å². The van der Waals surface area contributed by atoms with Gasteiger partial charge in [-0.3, -0.25) is 0 Å². The van der Waals surface area contributed by atoms with E-state index in [4.69, 9.17) is 4.52 Å². The molecule has 0 saturated heterocycles. The number of halogens is 1. The fourth-order valence-corrected chi connectivity index (χ4v) is 0.793. The lowest BCUT2D eigenvalue weighted by atomic mass is 10.2. The highest BCUT2D eigenvalue weighted by Crippen LogP contribution is 2.21. The molecule has 0 bridgehead atoms. The second-order valence-corrected chi connectivity index (χ2v) is 2.36. The first-order chi connectivity index (χ1) is 5.24. The summed E-state index contributed by atoms with van der Waals surface area (Å²) in [7, 11) is 0. The van der Waals surface area contributed by atoms with Gasteiger partial charge in [-0.15, -0.1) is 6.58 Å². The molecule has 60 valence electrons. The maximum absolute atomic E-state index is 12.9. The minimum atomic E-state index is -1.10. The van der Waals surface area contributed by atoms with Crippen molar-refractivity contribution in [2.24, 2.45) is 0 Å². The Kier molecular flexibility index (Phi) is 2.41. The quantitative estimate of drug-likeness (QED) is 0.627. The normalized spacial score (nSPS) is 12.9. The van der Waals surface area contributed by atoms with E-state index >= 15 is 0 Å². The fourth-order valence-electron chi connectivity index (χ4n) is 0.793. The third kappa shape index (κ3) is 1.90. The molecule has 0 spiro atoms. The summed E-state index contributed by atoms with van der Waals surface area (Å²) in [4.78, 5) is 0.